The molecule has 4 nitrogen and oxygen atoms in total. The number of phenolic OH excluding ortho intramolecular Hbond substituents is 1. The second kappa shape index (κ2) is 7.80. The van der Waals surface area contributed by atoms with Gasteiger partial charge in [-0.15, -0.1) is 0 Å². The van der Waals surface area contributed by atoms with Crippen LogP contribution in [0.2, 0.25) is 0 Å². The molecular weight excluding hydrogens is 304 g/mol. The predicted octanol–water partition coefficient (Wildman–Crippen LogP) is 2.95. The molecule has 0 fully saturated rings. The maximum Gasteiger partial charge on any atom is 0.408 e. The Kier molecular flexibility index (Phi) is 5.53. The number of ether oxygens (including phenoxy) is 1. The molecule has 0 aromatic heterocycles. The summed E-state index contributed by atoms with van der Waals surface area (Å²) in [4.78, 5) is 11.4. The van der Waals surface area contributed by atoms with Gasteiger partial charge in [-0.3, -0.25) is 0 Å². The van der Waals surface area contributed by atoms with Crippen molar-refractivity contribution in [2.24, 2.45) is 0 Å². The van der Waals surface area contributed by atoms with Crippen molar-refractivity contribution in [3.63, 3.8) is 0 Å². The molecule has 0 spiro atoms. The number of alkyl carbamates (subject to hydrolysis) is 1. The first-order chi connectivity index (χ1) is 11.1. The first-order valence-electron chi connectivity index (χ1n) is 6.67. The summed E-state index contributed by atoms with van der Waals surface area (Å²) < 4.78 is 30.8. The second-order valence-electron chi connectivity index (χ2n) is 4.50. The molecule has 118 valence electrons. The number of nitrogens with one attached hydrogen (secondary N) is 1. The number of rotatable bonds is 3. The van der Waals surface area contributed by atoms with Crippen molar-refractivity contribution in [2.45, 2.75) is 6.61 Å². The second-order valence-corrected chi connectivity index (χ2v) is 4.50. The third-order valence-electron chi connectivity index (χ3n) is 2.80. The quantitative estimate of drug-likeness (QED) is 0.856. The van der Waals surface area contributed by atoms with Gasteiger partial charge in [0.15, 0.2) is 11.6 Å². The molecule has 2 aromatic carbocycles. The van der Waals surface area contributed by atoms with E-state index in [0.717, 1.165) is 11.6 Å². The summed E-state index contributed by atoms with van der Waals surface area (Å²) in [5, 5.41) is 11.8. The first-order valence-corrected chi connectivity index (χ1v) is 6.67. The van der Waals surface area contributed by atoms with E-state index in [2.05, 4.69) is 17.2 Å². The molecule has 0 saturated heterocycles. The smallest absolute Gasteiger partial charge is 0.408 e. The molecule has 0 heterocycles. The van der Waals surface area contributed by atoms with E-state index in [1.54, 1.807) is 0 Å². The third-order valence-corrected chi connectivity index (χ3v) is 2.80. The molecule has 0 aliphatic heterocycles. The summed E-state index contributed by atoms with van der Waals surface area (Å²) in [5.74, 6) is 2.21. The maximum absolute atomic E-state index is 13.0. The zero-order valence-corrected chi connectivity index (χ0v) is 12.0. The normalized spacial score (nSPS) is 9.65. The van der Waals surface area contributed by atoms with Gasteiger partial charge in [0.1, 0.15) is 12.4 Å². The summed E-state index contributed by atoms with van der Waals surface area (Å²) in [6.45, 7) is 0.0656. The molecule has 1 amide bonds. The van der Waals surface area contributed by atoms with Crippen LogP contribution in [0.4, 0.5) is 13.6 Å². The highest BCUT2D eigenvalue weighted by Crippen LogP contribution is 2.19. The van der Waals surface area contributed by atoms with E-state index in [-0.39, 0.29) is 18.7 Å². The fourth-order valence-corrected chi connectivity index (χ4v) is 1.67. The number of carbonyl (C=O) groups is 1. The standard InChI is InChI=1S/C17H13F2NO3/c18-14-9-13(16(21)10-15(14)19)7-4-8-20-17(22)23-11-12-5-2-1-3-6-12/h1-3,5-6,9-10,21H,8,11H2,(H,20,22). The summed E-state index contributed by atoms with van der Waals surface area (Å²) in [6.07, 6.45) is -0.655. The molecule has 23 heavy (non-hydrogen) atoms. The number of hydrogen-bond donors (Lipinski definition) is 2. The Morgan fingerprint density at radius 1 is 1.17 bits per heavy atom. The van der Waals surface area contributed by atoms with Crippen molar-refractivity contribution in [3.05, 3.63) is 65.2 Å². The number of halogens is 2. The lowest BCUT2D eigenvalue weighted by Gasteiger charge is -2.04. The van der Waals surface area contributed by atoms with Gasteiger partial charge in [-0.25, -0.2) is 13.6 Å². The van der Waals surface area contributed by atoms with E-state index in [9.17, 15) is 18.7 Å². The van der Waals surface area contributed by atoms with Crippen molar-refractivity contribution in [1.82, 2.24) is 5.32 Å². The summed E-state index contributed by atoms with van der Waals surface area (Å²) in [5.41, 5.74) is 0.781. The molecule has 2 rings (SSSR count). The minimum Gasteiger partial charge on any atom is -0.507 e. The summed E-state index contributed by atoms with van der Waals surface area (Å²) in [6, 6.07) is 10.6. The summed E-state index contributed by atoms with van der Waals surface area (Å²) in [7, 11) is 0. The molecule has 0 radical (unpaired) electrons. The molecule has 2 aromatic rings. The number of hydrogen-bond acceptors (Lipinski definition) is 3. The van der Waals surface area contributed by atoms with Crippen LogP contribution in [-0.2, 0) is 11.3 Å². The van der Waals surface area contributed by atoms with Crippen LogP contribution >= 0.6 is 0 Å². The van der Waals surface area contributed by atoms with Gasteiger partial charge in [0, 0.05) is 6.07 Å². The number of benzene rings is 2. The van der Waals surface area contributed by atoms with E-state index < -0.39 is 23.5 Å². The van der Waals surface area contributed by atoms with Crippen LogP contribution in [0.3, 0.4) is 0 Å². The zero-order valence-electron chi connectivity index (χ0n) is 12.0. The van der Waals surface area contributed by atoms with Crippen LogP contribution in [0.25, 0.3) is 0 Å². The largest absolute Gasteiger partial charge is 0.507 e. The lowest BCUT2D eigenvalue weighted by atomic mass is 10.2. The highest BCUT2D eigenvalue weighted by atomic mass is 19.2. The van der Waals surface area contributed by atoms with E-state index >= 15 is 0 Å². The maximum atomic E-state index is 13.0. The van der Waals surface area contributed by atoms with Gasteiger partial charge < -0.3 is 15.2 Å². The van der Waals surface area contributed by atoms with Gasteiger partial charge in [0.05, 0.1) is 12.1 Å². The number of aromatic hydroxyl groups is 1. The average Bonchev–Trinajstić information content (AvgIpc) is 2.55. The highest BCUT2D eigenvalue weighted by Gasteiger charge is 2.07. The molecule has 0 aliphatic carbocycles. The predicted molar refractivity (Wildman–Crippen MR) is 79.5 cm³/mol. The fraction of sp³-hybridized carbons (Fsp3) is 0.118. The number of phenols is 1. The average molecular weight is 317 g/mol. The lowest BCUT2D eigenvalue weighted by molar-refractivity contribution is 0.141. The van der Waals surface area contributed by atoms with Gasteiger partial charge in [-0.05, 0) is 11.6 Å². The van der Waals surface area contributed by atoms with Crippen LogP contribution in [0.15, 0.2) is 42.5 Å². The Hall–Kier alpha value is -3.07. The Labute approximate surface area is 131 Å². The van der Waals surface area contributed by atoms with Gasteiger partial charge in [0.25, 0.3) is 0 Å². The van der Waals surface area contributed by atoms with Crippen LogP contribution in [-0.4, -0.2) is 17.7 Å². The van der Waals surface area contributed by atoms with Crippen molar-refractivity contribution in [1.29, 1.82) is 0 Å². The van der Waals surface area contributed by atoms with E-state index in [1.165, 1.54) is 0 Å². The van der Waals surface area contributed by atoms with E-state index in [0.29, 0.717) is 6.07 Å². The summed E-state index contributed by atoms with van der Waals surface area (Å²) >= 11 is 0. The molecule has 0 aliphatic rings. The van der Waals surface area contributed by atoms with E-state index in [1.807, 2.05) is 30.3 Å². The number of amides is 1. The van der Waals surface area contributed by atoms with Gasteiger partial charge in [0.2, 0.25) is 0 Å². The Bertz CT molecular complexity index is 752. The molecule has 2 N–H and O–H groups in total. The molecular formula is C17H13F2NO3. The van der Waals surface area contributed by atoms with Crippen molar-refractivity contribution in [3.8, 4) is 17.6 Å². The third kappa shape index (κ3) is 5.00. The van der Waals surface area contributed by atoms with E-state index in [4.69, 9.17) is 4.74 Å². The Morgan fingerprint density at radius 3 is 2.61 bits per heavy atom. The lowest BCUT2D eigenvalue weighted by Crippen LogP contribution is -2.24. The Balaban J connectivity index is 1.81. The van der Waals surface area contributed by atoms with Crippen LogP contribution in [0.5, 0.6) is 5.75 Å². The highest BCUT2D eigenvalue weighted by molar-refractivity contribution is 5.67. The van der Waals surface area contributed by atoms with Crippen LogP contribution in [0.1, 0.15) is 11.1 Å². The monoisotopic (exact) mass is 317 g/mol. The van der Waals surface area contributed by atoms with Gasteiger partial charge in [-0.1, -0.05) is 42.2 Å². The number of carbonyl (C=O) groups excluding carboxylic acids is 1. The molecule has 0 saturated carbocycles. The van der Waals surface area contributed by atoms with Crippen LogP contribution in [0, 0.1) is 23.5 Å². The minimum absolute atomic E-state index is 0.0634. The van der Waals surface area contributed by atoms with Gasteiger partial charge >= 0.3 is 6.09 Å². The van der Waals surface area contributed by atoms with Gasteiger partial charge in [-0.2, -0.15) is 0 Å². The molecule has 0 unspecified atom stereocenters. The molecule has 6 heteroatoms. The topological polar surface area (TPSA) is 58.6 Å². The molecule has 0 atom stereocenters. The SMILES string of the molecule is O=C(NCC#Cc1cc(F)c(F)cc1O)OCc1ccccc1. The van der Waals surface area contributed by atoms with Crippen molar-refractivity contribution in [2.75, 3.05) is 6.54 Å². The first kappa shape index (κ1) is 16.3. The molecule has 0 bridgehead atoms. The van der Waals surface area contributed by atoms with Crippen LogP contribution < -0.4 is 5.32 Å². The van der Waals surface area contributed by atoms with Crippen molar-refractivity contribution >= 4 is 6.09 Å². The fourth-order valence-electron chi connectivity index (χ4n) is 1.67. The Morgan fingerprint density at radius 2 is 1.87 bits per heavy atom. The zero-order chi connectivity index (χ0) is 16.7. The minimum atomic E-state index is -1.16. The van der Waals surface area contributed by atoms with Crippen molar-refractivity contribution < 1.29 is 23.4 Å².